The Morgan fingerprint density at radius 3 is 2.80 bits per heavy atom. The SMILES string of the molecule is Cc1cnc2c(c1)nc(CCl)n2-c1ccc(F)cc1Cl. The summed E-state index contributed by atoms with van der Waals surface area (Å²) in [5, 5.41) is 0.290. The molecular formula is C14H10Cl2FN3. The molecule has 0 aliphatic heterocycles. The molecule has 0 aliphatic carbocycles. The van der Waals surface area contributed by atoms with Gasteiger partial charge in [-0.1, -0.05) is 11.6 Å². The Balaban J connectivity index is 2.34. The summed E-state index contributed by atoms with van der Waals surface area (Å²) < 4.78 is 14.9. The second kappa shape index (κ2) is 5.04. The van der Waals surface area contributed by atoms with E-state index in [9.17, 15) is 4.39 Å². The molecule has 0 atom stereocenters. The summed E-state index contributed by atoms with van der Waals surface area (Å²) in [6, 6.07) is 6.12. The second-order valence-corrected chi connectivity index (χ2v) is 5.12. The Labute approximate surface area is 125 Å². The van der Waals surface area contributed by atoms with E-state index >= 15 is 0 Å². The topological polar surface area (TPSA) is 30.7 Å². The molecule has 0 bridgehead atoms. The fourth-order valence-corrected chi connectivity index (χ4v) is 2.55. The van der Waals surface area contributed by atoms with Crippen molar-refractivity contribution >= 4 is 34.4 Å². The lowest BCUT2D eigenvalue weighted by molar-refractivity contribution is 0.627. The zero-order valence-electron chi connectivity index (χ0n) is 10.6. The number of hydrogen-bond donors (Lipinski definition) is 0. The Kier molecular flexibility index (Phi) is 3.36. The monoisotopic (exact) mass is 309 g/mol. The van der Waals surface area contributed by atoms with Crippen LogP contribution in [-0.4, -0.2) is 14.5 Å². The predicted molar refractivity (Wildman–Crippen MR) is 78.1 cm³/mol. The zero-order chi connectivity index (χ0) is 14.3. The maximum Gasteiger partial charge on any atom is 0.164 e. The molecule has 1 aromatic carbocycles. The molecule has 0 amide bonds. The molecule has 0 fully saturated rings. The van der Waals surface area contributed by atoms with E-state index in [2.05, 4.69) is 9.97 Å². The van der Waals surface area contributed by atoms with Crippen LogP contribution in [0.15, 0.2) is 30.5 Å². The number of hydrogen-bond acceptors (Lipinski definition) is 2. The third-order valence-corrected chi connectivity index (χ3v) is 3.52. The Bertz CT molecular complexity index is 798. The van der Waals surface area contributed by atoms with E-state index in [4.69, 9.17) is 23.2 Å². The van der Waals surface area contributed by atoms with E-state index in [1.165, 1.54) is 12.1 Å². The van der Waals surface area contributed by atoms with Gasteiger partial charge in [0.2, 0.25) is 0 Å². The van der Waals surface area contributed by atoms with Crippen LogP contribution in [0.5, 0.6) is 0 Å². The van der Waals surface area contributed by atoms with Crippen LogP contribution < -0.4 is 0 Å². The molecule has 20 heavy (non-hydrogen) atoms. The first-order chi connectivity index (χ1) is 9.60. The van der Waals surface area contributed by atoms with Crippen LogP contribution in [0.1, 0.15) is 11.4 Å². The van der Waals surface area contributed by atoms with Gasteiger partial charge in [0.25, 0.3) is 0 Å². The summed E-state index contributed by atoms with van der Waals surface area (Å²) in [4.78, 5) is 8.83. The zero-order valence-corrected chi connectivity index (χ0v) is 12.1. The highest BCUT2D eigenvalue weighted by molar-refractivity contribution is 6.32. The van der Waals surface area contributed by atoms with Gasteiger partial charge in [0.15, 0.2) is 5.65 Å². The van der Waals surface area contributed by atoms with Gasteiger partial charge in [0.05, 0.1) is 16.6 Å². The minimum Gasteiger partial charge on any atom is -0.278 e. The molecule has 6 heteroatoms. The van der Waals surface area contributed by atoms with Gasteiger partial charge in [-0.25, -0.2) is 14.4 Å². The molecule has 0 spiro atoms. The van der Waals surface area contributed by atoms with Crippen LogP contribution in [-0.2, 0) is 5.88 Å². The summed E-state index contributed by atoms with van der Waals surface area (Å²) >= 11 is 12.1. The number of aryl methyl sites for hydroxylation is 1. The average Bonchev–Trinajstić information content (AvgIpc) is 2.76. The number of pyridine rings is 1. The number of imidazole rings is 1. The van der Waals surface area contributed by atoms with Crippen molar-refractivity contribution in [2.24, 2.45) is 0 Å². The van der Waals surface area contributed by atoms with Crippen molar-refractivity contribution in [3.05, 3.63) is 52.7 Å². The van der Waals surface area contributed by atoms with Gasteiger partial charge in [-0.15, -0.1) is 11.6 Å². The van der Waals surface area contributed by atoms with Crippen LogP contribution in [0.2, 0.25) is 5.02 Å². The third kappa shape index (κ3) is 2.15. The maximum atomic E-state index is 13.2. The second-order valence-electron chi connectivity index (χ2n) is 4.45. The fraction of sp³-hybridized carbons (Fsp3) is 0.143. The Morgan fingerprint density at radius 2 is 2.10 bits per heavy atom. The number of alkyl halides is 1. The standard InChI is InChI=1S/C14H10Cl2FN3/c1-8-4-11-14(18-7-8)20(13(6-15)19-11)12-3-2-9(17)5-10(12)16/h2-5,7H,6H2,1H3. The highest BCUT2D eigenvalue weighted by Crippen LogP contribution is 2.27. The number of nitrogens with zero attached hydrogens (tertiary/aromatic N) is 3. The average molecular weight is 310 g/mol. The van der Waals surface area contributed by atoms with Crippen molar-refractivity contribution < 1.29 is 4.39 Å². The van der Waals surface area contributed by atoms with Gasteiger partial charge in [-0.2, -0.15) is 0 Å². The molecule has 2 heterocycles. The quantitative estimate of drug-likeness (QED) is 0.662. The van der Waals surface area contributed by atoms with Gasteiger partial charge < -0.3 is 0 Å². The largest absolute Gasteiger partial charge is 0.278 e. The van der Waals surface area contributed by atoms with E-state index in [-0.39, 0.29) is 16.7 Å². The van der Waals surface area contributed by atoms with Crippen molar-refractivity contribution in [2.45, 2.75) is 12.8 Å². The highest BCUT2D eigenvalue weighted by Gasteiger charge is 2.15. The number of aromatic nitrogens is 3. The third-order valence-electron chi connectivity index (χ3n) is 2.97. The molecule has 0 aliphatic rings. The minimum absolute atomic E-state index is 0.211. The lowest BCUT2D eigenvalue weighted by atomic mass is 10.3. The van der Waals surface area contributed by atoms with E-state index in [0.717, 1.165) is 11.1 Å². The van der Waals surface area contributed by atoms with Crippen LogP contribution >= 0.6 is 23.2 Å². The van der Waals surface area contributed by atoms with Gasteiger partial charge in [-0.3, -0.25) is 4.57 Å². The first kappa shape index (κ1) is 13.3. The number of fused-ring (bicyclic) bond motifs is 1. The number of benzene rings is 1. The Hall–Kier alpha value is -1.65. The normalized spacial score (nSPS) is 11.2. The molecule has 0 unspecified atom stereocenters. The molecule has 3 aromatic rings. The first-order valence-electron chi connectivity index (χ1n) is 5.95. The first-order valence-corrected chi connectivity index (χ1v) is 6.87. The smallest absolute Gasteiger partial charge is 0.164 e. The van der Waals surface area contributed by atoms with Gasteiger partial charge in [-0.05, 0) is 36.8 Å². The summed E-state index contributed by atoms with van der Waals surface area (Å²) in [6.07, 6.45) is 1.75. The van der Waals surface area contributed by atoms with Crippen molar-refractivity contribution in [2.75, 3.05) is 0 Å². The van der Waals surface area contributed by atoms with E-state index in [1.807, 2.05) is 13.0 Å². The Morgan fingerprint density at radius 1 is 1.30 bits per heavy atom. The van der Waals surface area contributed by atoms with Gasteiger partial charge in [0, 0.05) is 6.20 Å². The highest BCUT2D eigenvalue weighted by atomic mass is 35.5. The number of rotatable bonds is 2. The lowest BCUT2D eigenvalue weighted by Crippen LogP contribution is -2.01. The summed E-state index contributed by atoms with van der Waals surface area (Å²) in [5.74, 6) is 0.441. The molecule has 102 valence electrons. The molecule has 0 N–H and O–H groups in total. The molecule has 3 rings (SSSR count). The van der Waals surface area contributed by atoms with Crippen LogP contribution in [0, 0.1) is 12.7 Å². The lowest BCUT2D eigenvalue weighted by Gasteiger charge is -2.09. The van der Waals surface area contributed by atoms with Crippen LogP contribution in [0.4, 0.5) is 4.39 Å². The van der Waals surface area contributed by atoms with Crippen molar-refractivity contribution in [1.29, 1.82) is 0 Å². The summed E-state index contributed by atoms with van der Waals surface area (Å²) in [5.41, 5.74) is 3.01. The molecule has 0 radical (unpaired) electrons. The van der Waals surface area contributed by atoms with Crippen LogP contribution in [0.25, 0.3) is 16.9 Å². The molecule has 3 nitrogen and oxygen atoms in total. The molecule has 0 saturated carbocycles. The fourth-order valence-electron chi connectivity index (χ4n) is 2.12. The van der Waals surface area contributed by atoms with Crippen molar-refractivity contribution in [3.8, 4) is 5.69 Å². The van der Waals surface area contributed by atoms with E-state index in [1.54, 1.807) is 16.8 Å². The van der Waals surface area contributed by atoms with E-state index < -0.39 is 0 Å². The maximum absolute atomic E-state index is 13.2. The van der Waals surface area contributed by atoms with Gasteiger partial charge in [0.1, 0.15) is 17.2 Å². The van der Waals surface area contributed by atoms with E-state index in [0.29, 0.717) is 17.2 Å². The van der Waals surface area contributed by atoms with Crippen molar-refractivity contribution in [1.82, 2.24) is 14.5 Å². The minimum atomic E-state index is -0.389. The number of halogens is 3. The molecule has 0 saturated heterocycles. The predicted octanol–water partition coefficient (Wildman–Crippen LogP) is 4.26. The van der Waals surface area contributed by atoms with Gasteiger partial charge >= 0.3 is 0 Å². The van der Waals surface area contributed by atoms with Crippen molar-refractivity contribution in [3.63, 3.8) is 0 Å². The molecular weight excluding hydrogens is 300 g/mol. The van der Waals surface area contributed by atoms with Crippen LogP contribution in [0.3, 0.4) is 0 Å². The molecule has 2 aromatic heterocycles. The summed E-state index contributed by atoms with van der Waals surface area (Å²) in [6.45, 7) is 1.94. The summed E-state index contributed by atoms with van der Waals surface area (Å²) in [7, 11) is 0.